The van der Waals surface area contributed by atoms with E-state index in [2.05, 4.69) is 21.5 Å². The van der Waals surface area contributed by atoms with Gasteiger partial charge in [-0.15, -0.1) is 0 Å². The van der Waals surface area contributed by atoms with Crippen molar-refractivity contribution in [1.29, 1.82) is 0 Å². The summed E-state index contributed by atoms with van der Waals surface area (Å²) in [5, 5.41) is 0. The van der Waals surface area contributed by atoms with Gasteiger partial charge in [0.2, 0.25) is 0 Å². The van der Waals surface area contributed by atoms with Crippen molar-refractivity contribution < 1.29 is 19.1 Å². The summed E-state index contributed by atoms with van der Waals surface area (Å²) in [7, 11) is 2.74. The third-order valence-corrected chi connectivity index (χ3v) is 5.44. The summed E-state index contributed by atoms with van der Waals surface area (Å²) < 4.78 is 11.9. The fourth-order valence-electron chi connectivity index (χ4n) is 3.86. The molecule has 0 saturated heterocycles. The normalized spacial score (nSPS) is 11.0. The molecule has 4 rings (SSSR count). The number of imidazole rings is 1. The molecule has 7 nitrogen and oxygen atoms in total. The van der Waals surface area contributed by atoms with E-state index in [1.165, 1.54) is 14.2 Å². The zero-order valence-electron chi connectivity index (χ0n) is 18.3. The number of H-pyrrole nitrogens is 1. The summed E-state index contributed by atoms with van der Waals surface area (Å²) in [6, 6.07) is 17.3. The van der Waals surface area contributed by atoms with Gasteiger partial charge >= 0.3 is 11.9 Å². The SMILES string of the molecule is CCCc1nc2[nH]c(C(=O)OC)cc2n1Cc1ccc(-c2ccccc2C(=O)OC)cc1. The van der Waals surface area contributed by atoms with Gasteiger partial charge in [-0.3, -0.25) is 0 Å². The third kappa shape index (κ3) is 4.01. The molecule has 0 atom stereocenters. The first kappa shape index (κ1) is 21.4. The number of hydrogen-bond donors (Lipinski definition) is 1. The van der Waals surface area contributed by atoms with Gasteiger partial charge in [0.1, 0.15) is 11.5 Å². The smallest absolute Gasteiger partial charge is 0.354 e. The highest BCUT2D eigenvalue weighted by Crippen LogP contribution is 2.26. The number of ether oxygens (including phenoxy) is 2. The van der Waals surface area contributed by atoms with Gasteiger partial charge in [-0.05, 0) is 35.2 Å². The van der Waals surface area contributed by atoms with Crippen LogP contribution in [0, 0.1) is 0 Å². The van der Waals surface area contributed by atoms with Crippen molar-refractivity contribution >= 4 is 23.1 Å². The lowest BCUT2D eigenvalue weighted by Gasteiger charge is -2.11. The summed E-state index contributed by atoms with van der Waals surface area (Å²) in [6.07, 6.45) is 1.80. The number of aromatic amines is 1. The molecule has 4 aromatic rings. The molecule has 1 N–H and O–H groups in total. The Bertz CT molecular complexity index is 1270. The van der Waals surface area contributed by atoms with Gasteiger partial charge in [0, 0.05) is 13.0 Å². The molecule has 0 aliphatic heterocycles. The summed E-state index contributed by atoms with van der Waals surface area (Å²) in [5.74, 6) is 0.189. The quantitative estimate of drug-likeness (QED) is 0.432. The molecule has 0 radical (unpaired) electrons. The van der Waals surface area contributed by atoms with E-state index < -0.39 is 5.97 Å². The number of aryl methyl sites for hydroxylation is 1. The second kappa shape index (κ2) is 9.09. The number of nitrogens with one attached hydrogen (secondary N) is 1. The van der Waals surface area contributed by atoms with Crippen LogP contribution in [-0.4, -0.2) is 40.7 Å². The van der Waals surface area contributed by atoms with E-state index in [1.54, 1.807) is 12.1 Å². The maximum atomic E-state index is 12.1. The molecule has 0 amide bonds. The number of esters is 2. The van der Waals surface area contributed by atoms with E-state index in [9.17, 15) is 9.59 Å². The Hall–Kier alpha value is -3.87. The Labute approximate surface area is 186 Å². The lowest BCUT2D eigenvalue weighted by Crippen LogP contribution is -2.06. The van der Waals surface area contributed by atoms with E-state index in [0.717, 1.165) is 40.9 Å². The largest absolute Gasteiger partial charge is 0.465 e. The van der Waals surface area contributed by atoms with Crippen LogP contribution in [0.4, 0.5) is 0 Å². The highest BCUT2D eigenvalue weighted by Gasteiger charge is 2.17. The Balaban J connectivity index is 1.67. The second-order valence-corrected chi connectivity index (χ2v) is 7.51. The third-order valence-electron chi connectivity index (χ3n) is 5.44. The zero-order valence-corrected chi connectivity index (χ0v) is 18.3. The van der Waals surface area contributed by atoms with Gasteiger partial charge in [0.15, 0.2) is 5.65 Å². The van der Waals surface area contributed by atoms with Crippen molar-refractivity contribution in [1.82, 2.24) is 14.5 Å². The number of fused-ring (bicyclic) bond motifs is 1. The number of carbonyl (C=O) groups is 2. The summed E-state index contributed by atoms with van der Waals surface area (Å²) >= 11 is 0. The van der Waals surface area contributed by atoms with Crippen molar-refractivity contribution in [2.45, 2.75) is 26.3 Å². The maximum absolute atomic E-state index is 12.1. The molecule has 0 aliphatic rings. The summed E-state index contributed by atoms with van der Waals surface area (Å²) in [6.45, 7) is 2.73. The predicted octanol–water partition coefficient (Wildman–Crippen LogP) is 4.61. The summed E-state index contributed by atoms with van der Waals surface area (Å²) in [4.78, 5) is 31.8. The summed E-state index contributed by atoms with van der Waals surface area (Å²) in [5.41, 5.74) is 5.32. The predicted molar refractivity (Wildman–Crippen MR) is 122 cm³/mol. The number of benzene rings is 2. The van der Waals surface area contributed by atoms with Gasteiger partial charge in [-0.1, -0.05) is 49.4 Å². The zero-order chi connectivity index (χ0) is 22.7. The van der Waals surface area contributed by atoms with Gasteiger partial charge < -0.3 is 19.0 Å². The molecule has 0 aliphatic carbocycles. The van der Waals surface area contributed by atoms with Gasteiger partial charge in [0.05, 0.1) is 25.3 Å². The monoisotopic (exact) mass is 431 g/mol. The Morgan fingerprint density at radius 3 is 2.41 bits per heavy atom. The topological polar surface area (TPSA) is 86.2 Å². The molecule has 2 aromatic carbocycles. The van der Waals surface area contributed by atoms with Crippen LogP contribution in [0.25, 0.3) is 22.3 Å². The fourth-order valence-corrected chi connectivity index (χ4v) is 3.86. The number of carbonyl (C=O) groups excluding carboxylic acids is 2. The minimum Gasteiger partial charge on any atom is -0.465 e. The van der Waals surface area contributed by atoms with Crippen molar-refractivity contribution in [3.05, 3.63) is 77.2 Å². The molecule has 32 heavy (non-hydrogen) atoms. The van der Waals surface area contributed by atoms with E-state index >= 15 is 0 Å². The Morgan fingerprint density at radius 1 is 1.00 bits per heavy atom. The molecule has 0 bridgehead atoms. The minimum atomic E-state index is -0.416. The average Bonchev–Trinajstić information content (AvgIpc) is 3.38. The second-order valence-electron chi connectivity index (χ2n) is 7.51. The lowest BCUT2D eigenvalue weighted by molar-refractivity contribution is 0.0589. The molecule has 0 fully saturated rings. The first-order valence-corrected chi connectivity index (χ1v) is 10.5. The first-order valence-electron chi connectivity index (χ1n) is 10.5. The van der Waals surface area contributed by atoms with Crippen molar-refractivity contribution in [2.24, 2.45) is 0 Å². The van der Waals surface area contributed by atoms with Crippen LogP contribution < -0.4 is 0 Å². The van der Waals surface area contributed by atoms with Gasteiger partial charge in [-0.25, -0.2) is 14.6 Å². The highest BCUT2D eigenvalue weighted by molar-refractivity contribution is 5.97. The van der Waals surface area contributed by atoms with Crippen LogP contribution >= 0.6 is 0 Å². The molecular weight excluding hydrogens is 406 g/mol. The molecule has 7 heteroatoms. The van der Waals surface area contributed by atoms with E-state index in [-0.39, 0.29) is 5.97 Å². The number of aromatic nitrogens is 3. The average molecular weight is 431 g/mol. The minimum absolute atomic E-state index is 0.358. The molecule has 164 valence electrons. The standard InChI is InChI=1S/C25H25N3O4/c1-4-7-22-27-23-21(14-20(26-23)25(30)32-3)28(22)15-16-10-12-17(13-11-16)18-8-5-6-9-19(18)24(29)31-2/h5-6,8-14,26H,4,7,15H2,1-3H3. The van der Waals surface area contributed by atoms with E-state index in [4.69, 9.17) is 9.47 Å². The van der Waals surface area contributed by atoms with Crippen LogP contribution in [0.2, 0.25) is 0 Å². The molecule has 0 spiro atoms. The molecule has 0 unspecified atom stereocenters. The van der Waals surface area contributed by atoms with Crippen LogP contribution in [0.15, 0.2) is 54.6 Å². The molecule has 0 saturated carbocycles. The number of hydrogen-bond acceptors (Lipinski definition) is 5. The molecular formula is C25H25N3O4. The van der Waals surface area contributed by atoms with Crippen LogP contribution in [0.5, 0.6) is 0 Å². The Morgan fingerprint density at radius 2 is 1.72 bits per heavy atom. The highest BCUT2D eigenvalue weighted by atomic mass is 16.5. The number of rotatable bonds is 7. The van der Waals surface area contributed by atoms with Crippen LogP contribution in [0.1, 0.15) is 45.6 Å². The van der Waals surface area contributed by atoms with Crippen LogP contribution in [-0.2, 0) is 22.4 Å². The number of nitrogens with zero attached hydrogens (tertiary/aromatic N) is 2. The van der Waals surface area contributed by atoms with Gasteiger partial charge in [0.25, 0.3) is 0 Å². The molecule has 2 heterocycles. The fraction of sp³-hybridized carbons (Fsp3) is 0.240. The van der Waals surface area contributed by atoms with Crippen molar-refractivity contribution in [2.75, 3.05) is 14.2 Å². The van der Waals surface area contributed by atoms with Gasteiger partial charge in [-0.2, -0.15) is 0 Å². The number of methoxy groups -OCH3 is 2. The van der Waals surface area contributed by atoms with E-state index in [1.807, 2.05) is 42.5 Å². The first-order chi connectivity index (χ1) is 15.5. The molecule has 2 aromatic heterocycles. The Kier molecular flexibility index (Phi) is 6.07. The van der Waals surface area contributed by atoms with Crippen LogP contribution in [0.3, 0.4) is 0 Å². The lowest BCUT2D eigenvalue weighted by atomic mass is 9.98. The maximum Gasteiger partial charge on any atom is 0.354 e. The van der Waals surface area contributed by atoms with Crippen molar-refractivity contribution in [3.63, 3.8) is 0 Å². The van der Waals surface area contributed by atoms with Crippen molar-refractivity contribution in [3.8, 4) is 11.1 Å². The van der Waals surface area contributed by atoms with E-state index in [0.29, 0.717) is 23.4 Å².